The molecular formula is C18H28ClNO3Si. The van der Waals surface area contributed by atoms with E-state index in [9.17, 15) is 4.79 Å². The van der Waals surface area contributed by atoms with Gasteiger partial charge in [0.2, 0.25) is 0 Å². The van der Waals surface area contributed by atoms with Gasteiger partial charge < -0.3 is 9.16 Å². The molecule has 0 unspecified atom stereocenters. The Morgan fingerprint density at radius 3 is 2.54 bits per heavy atom. The molecule has 1 aromatic rings. The van der Waals surface area contributed by atoms with E-state index in [0.717, 1.165) is 5.69 Å². The Labute approximate surface area is 151 Å². The molecule has 0 spiro atoms. The molecule has 0 bridgehead atoms. The lowest BCUT2D eigenvalue weighted by Gasteiger charge is -2.39. The van der Waals surface area contributed by atoms with Gasteiger partial charge in [-0.15, -0.1) is 0 Å². The van der Waals surface area contributed by atoms with Gasteiger partial charge in [-0.3, -0.25) is 9.78 Å². The van der Waals surface area contributed by atoms with Gasteiger partial charge in [0.05, 0.1) is 24.8 Å². The Morgan fingerprint density at radius 1 is 1.38 bits per heavy atom. The Hall–Kier alpha value is -1.17. The van der Waals surface area contributed by atoms with E-state index in [-0.39, 0.29) is 17.4 Å². The molecule has 0 fully saturated rings. The van der Waals surface area contributed by atoms with Crippen LogP contribution in [0, 0.1) is 0 Å². The zero-order chi connectivity index (χ0) is 18.4. The average Bonchev–Trinajstić information content (AvgIpc) is 2.46. The van der Waals surface area contributed by atoms with Crippen LogP contribution in [0.3, 0.4) is 0 Å². The van der Waals surface area contributed by atoms with E-state index in [0.29, 0.717) is 11.6 Å². The van der Waals surface area contributed by atoms with Crippen molar-refractivity contribution in [2.75, 3.05) is 6.61 Å². The van der Waals surface area contributed by atoms with E-state index >= 15 is 0 Å². The molecule has 6 heteroatoms. The summed E-state index contributed by atoms with van der Waals surface area (Å²) in [7, 11) is -2.09. The molecule has 0 amide bonds. The first-order valence-corrected chi connectivity index (χ1v) is 11.5. The maximum atomic E-state index is 12.0. The van der Waals surface area contributed by atoms with E-state index in [1.165, 1.54) is 0 Å². The molecule has 0 radical (unpaired) electrons. The monoisotopic (exact) mass is 369 g/mol. The standard InChI is InChI=1S/C18H28ClNO3Si/c1-7-22-17(21)13-16(23-24(5,6)18(2,3)4)15(19)12-14-10-8-9-11-20-14/h8-12,16H,7,13H2,1-6H3/b15-12-/t16-/m0/s1. The van der Waals surface area contributed by atoms with Crippen molar-refractivity contribution in [3.05, 3.63) is 35.1 Å². The van der Waals surface area contributed by atoms with Crippen molar-refractivity contribution in [2.24, 2.45) is 0 Å². The third kappa shape index (κ3) is 6.38. The van der Waals surface area contributed by atoms with E-state index in [2.05, 4.69) is 38.8 Å². The van der Waals surface area contributed by atoms with Crippen LogP contribution in [0.2, 0.25) is 18.1 Å². The number of halogens is 1. The van der Waals surface area contributed by atoms with Crippen molar-refractivity contribution in [2.45, 2.75) is 58.4 Å². The van der Waals surface area contributed by atoms with E-state index < -0.39 is 14.4 Å². The smallest absolute Gasteiger partial charge is 0.308 e. The maximum absolute atomic E-state index is 12.0. The van der Waals surface area contributed by atoms with Gasteiger partial charge in [-0.25, -0.2) is 0 Å². The van der Waals surface area contributed by atoms with E-state index in [1.807, 2.05) is 18.2 Å². The van der Waals surface area contributed by atoms with Gasteiger partial charge >= 0.3 is 5.97 Å². The lowest BCUT2D eigenvalue weighted by Crippen LogP contribution is -2.44. The molecular weight excluding hydrogens is 342 g/mol. The Balaban J connectivity index is 3.04. The molecule has 1 rings (SSSR count). The highest BCUT2D eigenvalue weighted by molar-refractivity contribution is 6.74. The second kappa shape index (κ2) is 8.79. The fourth-order valence-corrected chi connectivity index (χ4v) is 3.38. The summed E-state index contributed by atoms with van der Waals surface area (Å²) >= 11 is 6.49. The Kier molecular flexibility index (Phi) is 7.64. The van der Waals surface area contributed by atoms with Gasteiger partial charge in [-0.2, -0.15) is 0 Å². The highest BCUT2D eigenvalue weighted by atomic mass is 35.5. The van der Waals surface area contributed by atoms with Crippen molar-refractivity contribution >= 4 is 32.0 Å². The third-order valence-corrected chi connectivity index (χ3v) is 9.02. The van der Waals surface area contributed by atoms with Gasteiger partial charge in [0.25, 0.3) is 0 Å². The van der Waals surface area contributed by atoms with Gasteiger partial charge in [0.15, 0.2) is 8.32 Å². The van der Waals surface area contributed by atoms with Crippen LogP contribution in [0.5, 0.6) is 0 Å². The summed E-state index contributed by atoms with van der Waals surface area (Å²) in [6.07, 6.45) is 3.03. The fourth-order valence-electron chi connectivity index (χ4n) is 1.79. The van der Waals surface area contributed by atoms with Crippen LogP contribution in [0.1, 0.15) is 39.8 Å². The summed E-state index contributed by atoms with van der Waals surface area (Å²) in [5.74, 6) is -0.311. The molecule has 0 N–H and O–H groups in total. The largest absolute Gasteiger partial charge is 0.466 e. The van der Waals surface area contributed by atoms with E-state index in [4.69, 9.17) is 20.8 Å². The summed E-state index contributed by atoms with van der Waals surface area (Å²) < 4.78 is 11.4. The minimum Gasteiger partial charge on any atom is -0.466 e. The van der Waals surface area contributed by atoms with Crippen LogP contribution >= 0.6 is 11.6 Å². The zero-order valence-electron chi connectivity index (χ0n) is 15.4. The van der Waals surface area contributed by atoms with Gasteiger partial charge in [0, 0.05) is 11.2 Å². The number of carbonyl (C=O) groups is 1. The summed E-state index contributed by atoms with van der Waals surface area (Å²) in [6.45, 7) is 12.8. The number of carbonyl (C=O) groups excluding carboxylic acids is 1. The van der Waals surface area contributed by atoms with Crippen LogP contribution in [0.25, 0.3) is 6.08 Å². The Morgan fingerprint density at radius 2 is 2.04 bits per heavy atom. The quantitative estimate of drug-likeness (QED) is 0.501. The molecule has 1 atom stereocenters. The minimum absolute atomic E-state index is 0.0159. The number of esters is 1. The number of aromatic nitrogens is 1. The van der Waals surface area contributed by atoms with Crippen molar-refractivity contribution in [3.63, 3.8) is 0 Å². The number of nitrogens with zero attached hydrogens (tertiary/aromatic N) is 1. The number of ether oxygens (including phenoxy) is 1. The molecule has 0 saturated heterocycles. The molecule has 0 aromatic carbocycles. The second-order valence-corrected chi connectivity index (χ2v) is 12.4. The van der Waals surface area contributed by atoms with Crippen LogP contribution < -0.4 is 0 Å². The minimum atomic E-state index is -2.09. The van der Waals surface area contributed by atoms with Gasteiger partial charge in [-0.05, 0) is 43.3 Å². The SMILES string of the molecule is CCOC(=O)C[C@H](O[Si](C)(C)C(C)(C)C)/C(Cl)=C/c1ccccn1. The highest BCUT2D eigenvalue weighted by Crippen LogP contribution is 2.39. The first-order valence-electron chi connectivity index (χ1n) is 8.18. The predicted octanol–water partition coefficient (Wildman–Crippen LogP) is 5.00. The average molecular weight is 370 g/mol. The third-order valence-electron chi connectivity index (χ3n) is 4.18. The molecule has 0 saturated carbocycles. The van der Waals surface area contributed by atoms with Crippen LogP contribution in [0.15, 0.2) is 29.4 Å². The maximum Gasteiger partial charge on any atom is 0.308 e. The molecule has 0 aliphatic heterocycles. The van der Waals surface area contributed by atoms with E-state index in [1.54, 1.807) is 19.2 Å². The highest BCUT2D eigenvalue weighted by Gasteiger charge is 2.40. The molecule has 0 aliphatic carbocycles. The van der Waals surface area contributed by atoms with Crippen LogP contribution in [0.4, 0.5) is 0 Å². The lowest BCUT2D eigenvalue weighted by atomic mass is 10.2. The molecule has 24 heavy (non-hydrogen) atoms. The molecule has 134 valence electrons. The first-order chi connectivity index (χ1) is 11.1. The topological polar surface area (TPSA) is 48.4 Å². The summed E-state index contributed by atoms with van der Waals surface area (Å²) in [6, 6.07) is 5.58. The fraction of sp³-hybridized carbons (Fsp3) is 0.556. The van der Waals surface area contributed by atoms with Crippen molar-refractivity contribution in [1.29, 1.82) is 0 Å². The lowest BCUT2D eigenvalue weighted by molar-refractivity contribution is -0.144. The van der Waals surface area contributed by atoms with Gasteiger partial charge in [-0.1, -0.05) is 38.4 Å². The number of rotatable bonds is 7. The van der Waals surface area contributed by atoms with Crippen molar-refractivity contribution in [1.82, 2.24) is 4.98 Å². The molecule has 1 aromatic heterocycles. The normalized spacial score (nSPS) is 14.4. The predicted molar refractivity (Wildman–Crippen MR) is 101 cm³/mol. The number of hydrogen-bond acceptors (Lipinski definition) is 4. The summed E-state index contributed by atoms with van der Waals surface area (Å²) in [5.41, 5.74) is 0.732. The van der Waals surface area contributed by atoms with Crippen LogP contribution in [-0.4, -0.2) is 32.0 Å². The van der Waals surface area contributed by atoms with Crippen LogP contribution in [-0.2, 0) is 14.0 Å². The number of hydrogen-bond donors (Lipinski definition) is 0. The number of pyridine rings is 1. The van der Waals surface area contributed by atoms with Gasteiger partial charge in [0.1, 0.15) is 0 Å². The van der Waals surface area contributed by atoms with Crippen molar-refractivity contribution < 1.29 is 14.0 Å². The molecule has 1 heterocycles. The zero-order valence-corrected chi connectivity index (χ0v) is 17.2. The Bertz CT molecular complexity index is 567. The molecule has 0 aliphatic rings. The first kappa shape index (κ1) is 20.9. The summed E-state index contributed by atoms with van der Waals surface area (Å²) in [4.78, 5) is 16.2. The van der Waals surface area contributed by atoms with Crippen molar-refractivity contribution in [3.8, 4) is 0 Å². The summed E-state index contributed by atoms with van der Waals surface area (Å²) in [5, 5.41) is 0.480. The molecule has 4 nitrogen and oxygen atoms in total. The second-order valence-electron chi connectivity index (χ2n) is 7.16.